The fraction of sp³-hybridized carbons (Fsp3) is 1.00. The second kappa shape index (κ2) is 6.70. The Labute approximate surface area is 93.4 Å². The molecule has 0 radical (unpaired) electrons. The highest BCUT2D eigenvalue weighted by atomic mass is 32.2. The molecule has 86 valence electrons. The molecular formula is C11H26N2S. The molecule has 0 aromatic rings. The van der Waals surface area contributed by atoms with Crippen molar-refractivity contribution in [1.29, 1.82) is 0 Å². The van der Waals surface area contributed by atoms with Crippen molar-refractivity contribution in [3.63, 3.8) is 0 Å². The Morgan fingerprint density at radius 3 is 2.29 bits per heavy atom. The molecule has 0 amide bonds. The van der Waals surface area contributed by atoms with Gasteiger partial charge in [-0.3, -0.25) is 11.3 Å². The third kappa shape index (κ3) is 6.68. The summed E-state index contributed by atoms with van der Waals surface area (Å²) in [6.07, 6.45) is 2.49. The van der Waals surface area contributed by atoms with Crippen molar-refractivity contribution in [3.05, 3.63) is 0 Å². The summed E-state index contributed by atoms with van der Waals surface area (Å²) in [5.41, 5.74) is 2.94. The van der Waals surface area contributed by atoms with E-state index in [1.807, 2.05) is 11.8 Å². The van der Waals surface area contributed by atoms with Crippen molar-refractivity contribution in [2.45, 2.75) is 58.2 Å². The minimum atomic E-state index is 0.334. The van der Waals surface area contributed by atoms with E-state index in [0.29, 0.717) is 16.7 Å². The lowest BCUT2D eigenvalue weighted by Gasteiger charge is -2.26. The predicted molar refractivity (Wildman–Crippen MR) is 67.4 cm³/mol. The van der Waals surface area contributed by atoms with Crippen molar-refractivity contribution in [1.82, 2.24) is 5.43 Å². The van der Waals surface area contributed by atoms with Crippen molar-refractivity contribution in [2.24, 2.45) is 11.8 Å². The maximum Gasteiger partial charge on any atom is 0.0326 e. The van der Waals surface area contributed by atoms with E-state index in [-0.39, 0.29) is 0 Å². The van der Waals surface area contributed by atoms with Crippen LogP contribution >= 0.6 is 11.8 Å². The maximum atomic E-state index is 5.57. The summed E-state index contributed by atoms with van der Waals surface area (Å²) < 4.78 is 0.334. The van der Waals surface area contributed by atoms with Crippen molar-refractivity contribution in [3.8, 4) is 0 Å². The summed E-state index contributed by atoms with van der Waals surface area (Å²) in [6, 6.07) is 0.444. The first-order valence-electron chi connectivity index (χ1n) is 5.50. The highest BCUT2D eigenvalue weighted by Crippen LogP contribution is 2.26. The number of rotatable bonds is 6. The van der Waals surface area contributed by atoms with Crippen LogP contribution in [0.4, 0.5) is 0 Å². The van der Waals surface area contributed by atoms with E-state index in [0.717, 1.165) is 5.75 Å². The van der Waals surface area contributed by atoms with Crippen LogP contribution in [0.15, 0.2) is 0 Å². The molecule has 3 heteroatoms. The van der Waals surface area contributed by atoms with E-state index in [2.05, 4.69) is 40.0 Å². The highest BCUT2D eigenvalue weighted by molar-refractivity contribution is 8.00. The third-order valence-corrected chi connectivity index (χ3v) is 3.73. The molecule has 2 atom stereocenters. The van der Waals surface area contributed by atoms with Gasteiger partial charge in [-0.15, -0.1) is 0 Å². The van der Waals surface area contributed by atoms with Gasteiger partial charge in [-0.1, -0.05) is 41.0 Å². The lowest BCUT2D eigenvalue weighted by atomic mass is 9.99. The van der Waals surface area contributed by atoms with Gasteiger partial charge in [0.1, 0.15) is 0 Å². The molecule has 0 aliphatic heterocycles. The van der Waals surface area contributed by atoms with Gasteiger partial charge in [0, 0.05) is 16.5 Å². The number of thioether (sulfide) groups is 1. The number of hydrazine groups is 1. The maximum absolute atomic E-state index is 5.57. The van der Waals surface area contributed by atoms with Gasteiger partial charge >= 0.3 is 0 Å². The Balaban J connectivity index is 3.90. The first-order valence-corrected chi connectivity index (χ1v) is 6.49. The van der Waals surface area contributed by atoms with Gasteiger partial charge in [-0.2, -0.15) is 11.8 Å². The minimum Gasteiger partial charge on any atom is -0.271 e. The smallest absolute Gasteiger partial charge is 0.0326 e. The van der Waals surface area contributed by atoms with Crippen LogP contribution in [0.5, 0.6) is 0 Å². The summed E-state index contributed by atoms with van der Waals surface area (Å²) in [7, 11) is 0. The van der Waals surface area contributed by atoms with Gasteiger partial charge in [0.15, 0.2) is 0 Å². The summed E-state index contributed by atoms with van der Waals surface area (Å²) in [5.74, 6) is 7.33. The van der Waals surface area contributed by atoms with E-state index in [1.165, 1.54) is 12.8 Å². The van der Waals surface area contributed by atoms with Crippen molar-refractivity contribution >= 4 is 11.8 Å². The first kappa shape index (κ1) is 14.3. The number of hydrogen-bond donors (Lipinski definition) is 2. The Kier molecular flexibility index (Phi) is 6.83. The minimum absolute atomic E-state index is 0.334. The molecular weight excluding hydrogens is 192 g/mol. The number of nitrogens with one attached hydrogen (secondary N) is 1. The van der Waals surface area contributed by atoms with Gasteiger partial charge < -0.3 is 0 Å². The molecule has 0 rings (SSSR count). The zero-order valence-electron chi connectivity index (χ0n) is 10.3. The topological polar surface area (TPSA) is 38.0 Å². The summed E-state index contributed by atoms with van der Waals surface area (Å²) in [5, 5.41) is 0. The molecule has 0 heterocycles. The van der Waals surface area contributed by atoms with Crippen molar-refractivity contribution in [2.75, 3.05) is 5.75 Å². The molecule has 0 aliphatic rings. The van der Waals surface area contributed by atoms with Crippen LogP contribution in [-0.4, -0.2) is 16.5 Å². The second-order valence-corrected chi connectivity index (χ2v) is 6.81. The fourth-order valence-electron chi connectivity index (χ4n) is 1.37. The molecule has 2 nitrogen and oxygen atoms in total. The largest absolute Gasteiger partial charge is 0.271 e. The average Bonchev–Trinajstić information content (AvgIpc) is 2.03. The summed E-state index contributed by atoms with van der Waals surface area (Å²) >= 11 is 1.98. The molecule has 0 saturated carbocycles. The fourth-order valence-corrected chi connectivity index (χ4v) is 2.48. The quantitative estimate of drug-likeness (QED) is 0.532. The standard InChI is InChI=1S/C11H26N2S/c1-6-7-9(2)10(13-12)8-14-11(3,4)5/h9-10,13H,6-8,12H2,1-5H3. The second-order valence-electron chi connectivity index (χ2n) is 4.96. The molecule has 0 aromatic heterocycles. The van der Waals surface area contributed by atoms with Gasteiger partial charge in [0.25, 0.3) is 0 Å². The molecule has 0 bridgehead atoms. The molecule has 14 heavy (non-hydrogen) atoms. The summed E-state index contributed by atoms with van der Waals surface area (Å²) in [6.45, 7) is 11.2. The Morgan fingerprint density at radius 2 is 1.93 bits per heavy atom. The average molecular weight is 218 g/mol. The lowest BCUT2D eigenvalue weighted by molar-refractivity contribution is 0.386. The highest BCUT2D eigenvalue weighted by Gasteiger charge is 2.19. The van der Waals surface area contributed by atoms with E-state index in [4.69, 9.17) is 5.84 Å². The molecule has 0 aliphatic carbocycles. The molecule has 0 saturated heterocycles. The van der Waals surface area contributed by atoms with Gasteiger partial charge in [-0.05, 0) is 12.3 Å². The van der Waals surface area contributed by atoms with E-state index in [9.17, 15) is 0 Å². The molecule has 3 N–H and O–H groups in total. The van der Waals surface area contributed by atoms with Gasteiger partial charge in [0.05, 0.1) is 0 Å². The lowest BCUT2D eigenvalue weighted by Crippen LogP contribution is -2.42. The zero-order chi connectivity index (χ0) is 11.2. The van der Waals surface area contributed by atoms with E-state index >= 15 is 0 Å². The van der Waals surface area contributed by atoms with Crippen LogP contribution in [0.3, 0.4) is 0 Å². The Morgan fingerprint density at radius 1 is 1.36 bits per heavy atom. The summed E-state index contributed by atoms with van der Waals surface area (Å²) in [4.78, 5) is 0. The molecule has 2 unspecified atom stereocenters. The zero-order valence-corrected chi connectivity index (χ0v) is 11.1. The monoisotopic (exact) mass is 218 g/mol. The predicted octanol–water partition coefficient (Wildman–Crippen LogP) is 2.79. The van der Waals surface area contributed by atoms with Crippen LogP contribution in [0.25, 0.3) is 0 Å². The number of nitrogens with two attached hydrogens (primary N) is 1. The SMILES string of the molecule is CCCC(C)C(CSC(C)(C)C)NN. The van der Waals surface area contributed by atoms with Crippen LogP contribution in [0.2, 0.25) is 0 Å². The number of hydrogen-bond acceptors (Lipinski definition) is 3. The van der Waals surface area contributed by atoms with Crippen LogP contribution < -0.4 is 11.3 Å². The molecule has 0 fully saturated rings. The van der Waals surface area contributed by atoms with Gasteiger partial charge in [-0.25, -0.2) is 0 Å². The van der Waals surface area contributed by atoms with Crippen LogP contribution in [0.1, 0.15) is 47.5 Å². The first-order chi connectivity index (χ1) is 6.40. The van der Waals surface area contributed by atoms with E-state index < -0.39 is 0 Å². The Bertz CT molecular complexity index is 143. The van der Waals surface area contributed by atoms with Crippen LogP contribution in [0, 0.1) is 5.92 Å². The van der Waals surface area contributed by atoms with Gasteiger partial charge in [0.2, 0.25) is 0 Å². The Hall–Kier alpha value is 0.270. The van der Waals surface area contributed by atoms with Crippen molar-refractivity contribution < 1.29 is 0 Å². The third-order valence-electron chi connectivity index (χ3n) is 2.34. The molecule has 0 spiro atoms. The molecule has 0 aromatic carbocycles. The van der Waals surface area contributed by atoms with E-state index in [1.54, 1.807) is 0 Å². The van der Waals surface area contributed by atoms with Crippen LogP contribution in [-0.2, 0) is 0 Å². The normalized spacial score (nSPS) is 16.7.